The van der Waals surface area contributed by atoms with E-state index in [4.69, 9.17) is 0 Å². The molecule has 0 saturated heterocycles. The first kappa shape index (κ1) is 9.06. The number of aromatic nitrogens is 2. The third-order valence-electron chi connectivity index (χ3n) is 1.47. The minimum atomic E-state index is -1.11. The predicted octanol–water partition coefficient (Wildman–Crippen LogP) is 1.15. The van der Waals surface area contributed by atoms with Crippen LogP contribution in [-0.2, 0) is 5.60 Å². The Kier molecular flexibility index (Phi) is 2.10. The van der Waals surface area contributed by atoms with Gasteiger partial charge < -0.3 is 5.11 Å². The summed E-state index contributed by atoms with van der Waals surface area (Å²) in [5.74, 6) is -0.218. The van der Waals surface area contributed by atoms with Gasteiger partial charge in [-0.25, -0.2) is 14.4 Å². The third-order valence-corrected chi connectivity index (χ3v) is 1.47. The zero-order valence-corrected chi connectivity index (χ0v) is 7.30. The Morgan fingerprint density at radius 1 is 1.50 bits per heavy atom. The topological polar surface area (TPSA) is 46.0 Å². The fourth-order valence-corrected chi connectivity index (χ4v) is 0.747. The monoisotopic (exact) mass is 170 g/mol. The summed E-state index contributed by atoms with van der Waals surface area (Å²) in [5, 5.41) is 9.46. The van der Waals surface area contributed by atoms with Crippen molar-refractivity contribution in [2.75, 3.05) is 0 Å². The number of nitrogens with zero attached hydrogens (tertiary/aromatic N) is 2. The minimum absolute atomic E-state index is 0.237. The number of rotatable bonds is 1. The third kappa shape index (κ3) is 1.76. The average Bonchev–Trinajstić information content (AvgIpc) is 1.92. The molecule has 0 aliphatic rings. The van der Waals surface area contributed by atoms with Crippen LogP contribution in [0.4, 0.5) is 4.39 Å². The SMILES string of the molecule is Cc1nc(C(C)(C)O)ncc1F. The Hall–Kier alpha value is -1.03. The van der Waals surface area contributed by atoms with Crippen molar-refractivity contribution in [3.05, 3.63) is 23.5 Å². The maximum absolute atomic E-state index is 12.7. The smallest absolute Gasteiger partial charge is 0.162 e. The zero-order valence-electron chi connectivity index (χ0n) is 7.30. The lowest BCUT2D eigenvalue weighted by Gasteiger charge is -2.15. The molecule has 0 amide bonds. The van der Waals surface area contributed by atoms with E-state index in [0.717, 1.165) is 6.20 Å². The fraction of sp³-hybridized carbons (Fsp3) is 0.500. The quantitative estimate of drug-likeness (QED) is 0.687. The van der Waals surface area contributed by atoms with Gasteiger partial charge in [0.2, 0.25) is 0 Å². The molecule has 0 aromatic carbocycles. The van der Waals surface area contributed by atoms with E-state index in [0.29, 0.717) is 0 Å². The molecule has 0 atom stereocenters. The summed E-state index contributed by atoms with van der Waals surface area (Å²) in [6.07, 6.45) is 1.07. The van der Waals surface area contributed by atoms with Crippen LogP contribution in [0.1, 0.15) is 25.4 Å². The summed E-state index contributed by atoms with van der Waals surface area (Å²) in [6, 6.07) is 0. The first-order chi connectivity index (χ1) is 5.41. The van der Waals surface area contributed by atoms with Gasteiger partial charge in [-0.15, -0.1) is 0 Å². The molecule has 12 heavy (non-hydrogen) atoms. The average molecular weight is 170 g/mol. The van der Waals surface area contributed by atoms with Gasteiger partial charge in [-0.05, 0) is 20.8 Å². The molecule has 0 saturated carbocycles. The van der Waals surface area contributed by atoms with Crippen molar-refractivity contribution in [1.29, 1.82) is 0 Å². The number of aliphatic hydroxyl groups is 1. The molecule has 0 radical (unpaired) electrons. The van der Waals surface area contributed by atoms with Crippen LogP contribution in [0.25, 0.3) is 0 Å². The van der Waals surface area contributed by atoms with E-state index in [2.05, 4.69) is 9.97 Å². The Balaban J connectivity index is 3.14. The minimum Gasteiger partial charge on any atom is -0.382 e. The van der Waals surface area contributed by atoms with Gasteiger partial charge in [-0.3, -0.25) is 0 Å². The van der Waals surface area contributed by atoms with Crippen molar-refractivity contribution in [3.63, 3.8) is 0 Å². The second kappa shape index (κ2) is 2.79. The Bertz CT molecular complexity index is 294. The largest absolute Gasteiger partial charge is 0.382 e. The predicted molar refractivity (Wildman–Crippen MR) is 42.0 cm³/mol. The normalized spacial score (nSPS) is 11.8. The van der Waals surface area contributed by atoms with E-state index in [1.807, 2.05) is 0 Å². The summed E-state index contributed by atoms with van der Waals surface area (Å²) in [7, 11) is 0. The number of hydrogen-bond acceptors (Lipinski definition) is 3. The van der Waals surface area contributed by atoms with Gasteiger partial charge in [-0.2, -0.15) is 0 Å². The van der Waals surface area contributed by atoms with Crippen LogP contribution >= 0.6 is 0 Å². The van der Waals surface area contributed by atoms with Gasteiger partial charge >= 0.3 is 0 Å². The second-order valence-corrected chi connectivity index (χ2v) is 3.19. The maximum Gasteiger partial charge on any atom is 0.162 e. The van der Waals surface area contributed by atoms with E-state index in [1.165, 1.54) is 6.92 Å². The standard InChI is InChI=1S/C8H11FN2O/c1-5-6(9)4-10-7(11-5)8(2,3)12/h4,12H,1-3H3. The van der Waals surface area contributed by atoms with Crippen LogP contribution in [0, 0.1) is 12.7 Å². The van der Waals surface area contributed by atoms with Crippen LogP contribution < -0.4 is 0 Å². The number of aryl methyl sites for hydroxylation is 1. The molecule has 1 aromatic heterocycles. The van der Waals surface area contributed by atoms with Gasteiger partial charge in [0.05, 0.1) is 11.9 Å². The summed E-state index contributed by atoms with van der Waals surface area (Å²) in [4.78, 5) is 7.48. The highest BCUT2D eigenvalue weighted by molar-refractivity contribution is 5.06. The molecule has 4 heteroatoms. The first-order valence-electron chi connectivity index (χ1n) is 3.63. The lowest BCUT2D eigenvalue weighted by Crippen LogP contribution is -2.20. The molecule has 0 unspecified atom stereocenters. The van der Waals surface area contributed by atoms with Gasteiger partial charge in [0, 0.05) is 0 Å². The van der Waals surface area contributed by atoms with E-state index in [-0.39, 0.29) is 11.5 Å². The van der Waals surface area contributed by atoms with Crippen LogP contribution in [0.3, 0.4) is 0 Å². The Labute approximate surface area is 70.3 Å². The molecule has 0 fully saturated rings. The van der Waals surface area contributed by atoms with E-state index in [9.17, 15) is 9.50 Å². The fourth-order valence-electron chi connectivity index (χ4n) is 0.747. The molecule has 0 spiro atoms. The lowest BCUT2D eigenvalue weighted by molar-refractivity contribution is 0.0682. The van der Waals surface area contributed by atoms with Crippen LogP contribution in [0.2, 0.25) is 0 Å². The molecular weight excluding hydrogens is 159 g/mol. The summed E-state index contributed by atoms with van der Waals surface area (Å²) >= 11 is 0. The highest BCUT2D eigenvalue weighted by Crippen LogP contribution is 2.15. The Morgan fingerprint density at radius 2 is 2.08 bits per heavy atom. The van der Waals surface area contributed by atoms with Crippen LogP contribution in [-0.4, -0.2) is 15.1 Å². The lowest BCUT2D eigenvalue weighted by atomic mass is 10.1. The van der Waals surface area contributed by atoms with E-state index in [1.54, 1.807) is 13.8 Å². The van der Waals surface area contributed by atoms with Gasteiger partial charge in [0.25, 0.3) is 0 Å². The molecule has 1 heterocycles. The summed E-state index contributed by atoms with van der Waals surface area (Å²) < 4.78 is 12.7. The molecule has 1 N–H and O–H groups in total. The van der Waals surface area contributed by atoms with Gasteiger partial charge in [0.15, 0.2) is 11.6 Å². The van der Waals surface area contributed by atoms with Gasteiger partial charge in [-0.1, -0.05) is 0 Å². The van der Waals surface area contributed by atoms with Gasteiger partial charge in [0.1, 0.15) is 5.60 Å². The highest BCUT2D eigenvalue weighted by atomic mass is 19.1. The molecule has 1 rings (SSSR count). The highest BCUT2D eigenvalue weighted by Gasteiger charge is 2.20. The maximum atomic E-state index is 12.7. The number of hydrogen-bond donors (Lipinski definition) is 1. The molecule has 0 aliphatic carbocycles. The van der Waals surface area contributed by atoms with Crippen molar-refractivity contribution >= 4 is 0 Å². The van der Waals surface area contributed by atoms with Crippen LogP contribution in [0.15, 0.2) is 6.20 Å². The zero-order chi connectivity index (χ0) is 9.35. The van der Waals surface area contributed by atoms with Crippen LogP contribution in [0.5, 0.6) is 0 Å². The molecule has 66 valence electrons. The molecule has 1 aromatic rings. The number of halogens is 1. The molecule has 0 aliphatic heterocycles. The first-order valence-corrected chi connectivity index (χ1v) is 3.63. The van der Waals surface area contributed by atoms with Crippen molar-refractivity contribution < 1.29 is 9.50 Å². The van der Waals surface area contributed by atoms with E-state index < -0.39 is 11.4 Å². The molecule has 0 bridgehead atoms. The molecular formula is C8H11FN2O. The Morgan fingerprint density at radius 3 is 2.50 bits per heavy atom. The second-order valence-electron chi connectivity index (χ2n) is 3.19. The summed E-state index contributed by atoms with van der Waals surface area (Å²) in [5.41, 5.74) is -0.861. The van der Waals surface area contributed by atoms with Crippen molar-refractivity contribution in [2.24, 2.45) is 0 Å². The summed E-state index contributed by atoms with van der Waals surface area (Å²) in [6.45, 7) is 4.64. The van der Waals surface area contributed by atoms with Crippen molar-refractivity contribution in [1.82, 2.24) is 9.97 Å². The van der Waals surface area contributed by atoms with Crippen molar-refractivity contribution in [3.8, 4) is 0 Å². The molecule has 3 nitrogen and oxygen atoms in total. The van der Waals surface area contributed by atoms with Crippen molar-refractivity contribution in [2.45, 2.75) is 26.4 Å². The van der Waals surface area contributed by atoms with E-state index >= 15 is 0 Å².